The van der Waals surface area contributed by atoms with E-state index in [1.807, 2.05) is 0 Å². The molecule has 1 fully saturated rings. The van der Waals surface area contributed by atoms with Gasteiger partial charge >= 0.3 is 5.97 Å². The highest BCUT2D eigenvalue weighted by Crippen LogP contribution is 2.38. The Morgan fingerprint density at radius 1 is 1.35 bits per heavy atom. The summed E-state index contributed by atoms with van der Waals surface area (Å²) in [6.07, 6.45) is 0.463. The van der Waals surface area contributed by atoms with Gasteiger partial charge in [-0.25, -0.2) is 4.39 Å². The average Bonchev–Trinajstić information content (AvgIpc) is 2.55. The molecule has 7 heteroatoms. The van der Waals surface area contributed by atoms with Gasteiger partial charge in [0.1, 0.15) is 11.4 Å². The minimum atomic E-state index is -1.46. The number of halogens is 1. The molecule has 0 atom stereocenters. The highest BCUT2D eigenvalue weighted by Gasteiger charge is 2.37. The van der Waals surface area contributed by atoms with Crippen molar-refractivity contribution in [2.24, 2.45) is 0 Å². The molecule has 1 N–H and O–H groups in total. The summed E-state index contributed by atoms with van der Waals surface area (Å²) in [5, 5.41) is 8.57. The smallest absolute Gasteiger partial charge is 0.313 e. The molecular formula is C16H20FNO4S. The highest BCUT2D eigenvalue weighted by molar-refractivity contribution is 8.00. The van der Waals surface area contributed by atoms with Gasteiger partial charge in [0.15, 0.2) is 0 Å². The fourth-order valence-corrected chi connectivity index (χ4v) is 3.25. The molecule has 0 radical (unpaired) electrons. The first-order valence-electron chi connectivity index (χ1n) is 7.35. The topological polar surface area (TPSA) is 66.8 Å². The molecular weight excluding hydrogens is 321 g/mol. The number of carboxylic acid groups (broad SMARTS) is 1. The zero-order valence-electron chi connectivity index (χ0n) is 13.0. The fraction of sp³-hybridized carbons (Fsp3) is 0.500. The van der Waals surface area contributed by atoms with Gasteiger partial charge in [-0.2, -0.15) is 0 Å². The minimum Gasteiger partial charge on any atom is -0.497 e. The van der Waals surface area contributed by atoms with Gasteiger partial charge in [0.2, 0.25) is 5.91 Å². The van der Waals surface area contributed by atoms with Crippen molar-refractivity contribution in [1.29, 1.82) is 0 Å². The molecule has 23 heavy (non-hydrogen) atoms. The van der Waals surface area contributed by atoms with Crippen molar-refractivity contribution in [2.75, 3.05) is 31.7 Å². The maximum absolute atomic E-state index is 15.1. The van der Waals surface area contributed by atoms with E-state index in [2.05, 4.69) is 0 Å². The minimum absolute atomic E-state index is 0.101. The first-order valence-corrected chi connectivity index (χ1v) is 8.51. The number of likely N-dealkylation sites (tertiary alicyclic amines) is 1. The predicted molar refractivity (Wildman–Crippen MR) is 86.6 cm³/mol. The summed E-state index contributed by atoms with van der Waals surface area (Å²) >= 11 is 1.06. The molecule has 1 heterocycles. The number of piperidine rings is 1. The van der Waals surface area contributed by atoms with Gasteiger partial charge in [0.25, 0.3) is 0 Å². The average molecular weight is 341 g/mol. The van der Waals surface area contributed by atoms with Crippen LogP contribution in [0.25, 0.3) is 0 Å². The van der Waals surface area contributed by atoms with Crippen molar-refractivity contribution >= 4 is 23.6 Å². The summed E-state index contributed by atoms with van der Waals surface area (Å²) in [5.41, 5.74) is -0.885. The molecule has 0 aromatic heterocycles. The van der Waals surface area contributed by atoms with E-state index >= 15 is 4.39 Å². The third kappa shape index (κ3) is 4.60. The zero-order chi connectivity index (χ0) is 16.9. The van der Waals surface area contributed by atoms with Crippen LogP contribution in [0, 0.1) is 0 Å². The first kappa shape index (κ1) is 17.6. The summed E-state index contributed by atoms with van der Waals surface area (Å²) in [5.74, 6) is -0.449. The monoisotopic (exact) mass is 341 g/mol. The standard InChI is InChI=1S/C16H20FNO4S/c1-22-13-4-2-3-12(9-13)16(17)5-7-18(8-6-16)14(19)10-23-11-15(20)21/h2-4,9H,5-8,10-11H2,1H3,(H,20,21). The van der Waals surface area contributed by atoms with Crippen LogP contribution in [0.5, 0.6) is 5.75 Å². The molecule has 1 aromatic carbocycles. The molecule has 1 amide bonds. The van der Waals surface area contributed by atoms with Gasteiger partial charge in [-0.05, 0) is 17.7 Å². The van der Waals surface area contributed by atoms with Crippen LogP contribution < -0.4 is 4.74 Å². The number of methoxy groups -OCH3 is 1. The zero-order valence-corrected chi connectivity index (χ0v) is 13.8. The van der Waals surface area contributed by atoms with Crippen LogP contribution in [0.2, 0.25) is 0 Å². The molecule has 0 bridgehead atoms. The lowest BCUT2D eigenvalue weighted by Crippen LogP contribution is -2.44. The summed E-state index contributed by atoms with van der Waals surface area (Å²) in [4.78, 5) is 24.0. The molecule has 0 aliphatic carbocycles. The van der Waals surface area contributed by atoms with Crippen molar-refractivity contribution in [3.05, 3.63) is 29.8 Å². The number of rotatable bonds is 6. The summed E-state index contributed by atoms with van der Waals surface area (Å²) < 4.78 is 20.3. The molecule has 0 saturated carbocycles. The Morgan fingerprint density at radius 2 is 2.04 bits per heavy atom. The quantitative estimate of drug-likeness (QED) is 0.860. The Kier molecular flexibility index (Phi) is 5.87. The number of aliphatic carboxylic acids is 1. The lowest BCUT2D eigenvalue weighted by Gasteiger charge is -2.36. The number of carboxylic acids is 1. The van der Waals surface area contributed by atoms with E-state index in [1.165, 1.54) is 0 Å². The Labute approximate surface area is 138 Å². The maximum atomic E-state index is 15.1. The van der Waals surface area contributed by atoms with Gasteiger partial charge in [-0.15, -0.1) is 11.8 Å². The van der Waals surface area contributed by atoms with Crippen molar-refractivity contribution in [3.63, 3.8) is 0 Å². The maximum Gasteiger partial charge on any atom is 0.313 e. The van der Waals surface area contributed by atoms with E-state index in [0.717, 1.165) is 11.8 Å². The normalized spacial score (nSPS) is 16.9. The Morgan fingerprint density at radius 3 is 2.65 bits per heavy atom. The number of carbonyl (C=O) groups is 2. The molecule has 1 saturated heterocycles. The van der Waals surface area contributed by atoms with Crippen molar-refractivity contribution in [1.82, 2.24) is 4.90 Å². The second-order valence-corrected chi connectivity index (χ2v) is 6.45. The lowest BCUT2D eigenvalue weighted by atomic mass is 9.86. The number of thioether (sulfide) groups is 1. The summed E-state index contributed by atoms with van der Waals surface area (Å²) in [6, 6.07) is 6.96. The van der Waals surface area contributed by atoms with E-state index in [0.29, 0.717) is 24.4 Å². The summed E-state index contributed by atoms with van der Waals surface area (Å²) in [6.45, 7) is 0.667. The number of ether oxygens (including phenoxy) is 1. The molecule has 2 rings (SSSR count). The van der Waals surface area contributed by atoms with Gasteiger partial charge in [0.05, 0.1) is 18.6 Å². The third-order valence-electron chi connectivity index (χ3n) is 3.95. The van der Waals surface area contributed by atoms with Gasteiger partial charge in [0, 0.05) is 25.9 Å². The number of amides is 1. The first-order chi connectivity index (χ1) is 10.9. The molecule has 0 spiro atoms. The van der Waals surface area contributed by atoms with E-state index in [1.54, 1.807) is 36.3 Å². The van der Waals surface area contributed by atoms with E-state index < -0.39 is 11.6 Å². The largest absolute Gasteiger partial charge is 0.497 e. The molecule has 1 aliphatic heterocycles. The molecule has 5 nitrogen and oxygen atoms in total. The summed E-state index contributed by atoms with van der Waals surface area (Å²) in [7, 11) is 1.54. The number of carbonyl (C=O) groups excluding carboxylic acids is 1. The van der Waals surface area contributed by atoms with Gasteiger partial charge < -0.3 is 14.7 Å². The molecule has 1 aliphatic rings. The van der Waals surface area contributed by atoms with Crippen LogP contribution in [-0.4, -0.2) is 53.6 Å². The van der Waals surface area contributed by atoms with Crippen LogP contribution in [-0.2, 0) is 15.3 Å². The van der Waals surface area contributed by atoms with Crippen LogP contribution in [0.3, 0.4) is 0 Å². The van der Waals surface area contributed by atoms with Crippen molar-refractivity contribution in [2.45, 2.75) is 18.5 Å². The second kappa shape index (κ2) is 7.68. The van der Waals surface area contributed by atoms with Crippen LogP contribution >= 0.6 is 11.8 Å². The number of benzene rings is 1. The Bertz CT molecular complexity index is 573. The number of nitrogens with zero attached hydrogens (tertiary/aromatic N) is 1. The van der Waals surface area contributed by atoms with Crippen LogP contribution in [0.1, 0.15) is 18.4 Å². The Hall–Kier alpha value is -1.76. The molecule has 0 unspecified atom stereocenters. The van der Waals surface area contributed by atoms with Crippen LogP contribution in [0.15, 0.2) is 24.3 Å². The lowest BCUT2D eigenvalue weighted by molar-refractivity contribution is -0.133. The van der Waals surface area contributed by atoms with Crippen molar-refractivity contribution < 1.29 is 23.8 Å². The van der Waals surface area contributed by atoms with E-state index in [9.17, 15) is 9.59 Å². The number of hydrogen-bond donors (Lipinski definition) is 1. The second-order valence-electron chi connectivity index (χ2n) is 5.46. The molecule has 126 valence electrons. The fourth-order valence-electron chi connectivity index (χ4n) is 2.62. The van der Waals surface area contributed by atoms with E-state index in [4.69, 9.17) is 9.84 Å². The van der Waals surface area contributed by atoms with Gasteiger partial charge in [-0.1, -0.05) is 12.1 Å². The van der Waals surface area contributed by atoms with Crippen LogP contribution in [0.4, 0.5) is 4.39 Å². The van der Waals surface area contributed by atoms with E-state index in [-0.39, 0.29) is 30.3 Å². The third-order valence-corrected chi connectivity index (χ3v) is 4.85. The number of hydrogen-bond acceptors (Lipinski definition) is 4. The van der Waals surface area contributed by atoms with Crippen molar-refractivity contribution in [3.8, 4) is 5.75 Å². The number of alkyl halides is 1. The van der Waals surface area contributed by atoms with Gasteiger partial charge in [-0.3, -0.25) is 9.59 Å². The SMILES string of the molecule is COc1cccc(C2(F)CCN(C(=O)CSCC(=O)O)CC2)c1. The highest BCUT2D eigenvalue weighted by atomic mass is 32.2. The Balaban J connectivity index is 1.91. The predicted octanol–water partition coefficient (Wildman–Crippen LogP) is 2.30. The molecule has 1 aromatic rings.